The number of hydrogen-bond donors (Lipinski definition) is 0. The Labute approximate surface area is 178 Å². The topological polar surface area (TPSA) is 42.3 Å². The van der Waals surface area contributed by atoms with E-state index >= 15 is 0 Å². The summed E-state index contributed by atoms with van der Waals surface area (Å²) < 4.78 is 2.17. The van der Waals surface area contributed by atoms with Crippen molar-refractivity contribution in [3.63, 3.8) is 0 Å². The summed E-state index contributed by atoms with van der Waals surface area (Å²) in [6, 6.07) is 15.7. The summed E-state index contributed by atoms with van der Waals surface area (Å²) in [5, 5.41) is 1.39. The number of benzene rings is 2. The molecule has 4 rings (SSSR count). The van der Waals surface area contributed by atoms with Gasteiger partial charge in [0.05, 0.1) is 11.4 Å². The van der Waals surface area contributed by atoms with E-state index in [0.29, 0.717) is 16.5 Å². The lowest BCUT2D eigenvalue weighted by molar-refractivity contribution is -0.122. The van der Waals surface area contributed by atoms with Crippen molar-refractivity contribution in [2.24, 2.45) is 0 Å². The smallest absolute Gasteiger partial charge is 0.294 e. The Bertz CT molecular complexity index is 1220. The van der Waals surface area contributed by atoms with Crippen molar-refractivity contribution in [3.05, 3.63) is 75.3 Å². The number of imide groups is 1. The predicted octanol–water partition coefficient (Wildman–Crippen LogP) is 5.32. The average molecular weight is 421 g/mol. The van der Waals surface area contributed by atoms with Crippen LogP contribution >= 0.6 is 23.4 Å². The third kappa shape index (κ3) is 3.46. The number of nitrogens with zero attached hydrogens (tertiary/aromatic N) is 2. The highest BCUT2D eigenvalue weighted by atomic mass is 35.5. The van der Waals surface area contributed by atoms with Crippen LogP contribution in [0, 0.1) is 19.3 Å². The number of para-hydroxylation sites is 1. The van der Waals surface area contributed by atoms with Crippen LogP contribution in [0.15, 0.2) is 53.4 Å². The summed E-state index contributed by atoms with van der Waals surface area (Å²) in [5.41, 5.74) is 3.96. The van der Waals surface area contributed by atoms with Crippen LogP contribution in [0.5, 0.6) is 0 Å². The minimum Gasteiger partial charge on any atom is -0.340 e. The SMILES string of the molecule is C#CCN1C(=O)S/C(=C\c2c(C)n(Cc3ccccc3Cl)c3ccccc23)C1=O. The number of terminal acetylenes is 1. The fourth-order valence-electron chi connectivity index (χ4n) is 3.50. The van der Waals surface area contributed by atoms with Crippen LogP contribution in [-0.4, -0.2) is 27.2 Å². The summed E-state index contributed by atoms with van der Waals surface area (Å²) in [5.74, 6) is 2.01. The molecule has 6 heteroatoms. The number of fused-ring (bicyclic) bond motifs is 1. The molecule has 1 aromatic heterocycles. The minimum absolute atomic E-state index is 0.0186. The molecule has 2 amide bonds. The van der Waals surface area contributed by atoms with E-state index in [1.807, 2.05) is 55.5 Å². The standard InChI is InChI=1S/C23H17ClN2O2S/c1-3-12-25-22(27)21(29-23(25)28)13-18-15(2)26(20-11-7-5-9-17(18)20)14-16-8-4-6-10-19(16)24/h1,4-11,13H,12,14H2,2H3/b21-13-. The first-order valence-electron chi connectivity index (χ1n) is 9.01. The van der Waals surface area contributed by atoms with Crippen molar-refractivity contribution in [2.75, 3.05) is 6.54 Å². The molecule has 0 N–H and O–H groups in total. The van der Waals surface area contributed by atoms with Crippen molar-refractivity contribution in [1.82, 2.24) is 9.47 Å². The summed E-state index contributed by atoms with van der Waals surface area (Å²) in [7, 11) is 0. The molecule has 1 fully saturated rings. The molecule has 1 aliphatic rings. The Morgan fingerprint density at radius 1 is 1.14 bits per heavy atom. The third-order valence-electron chi connectivity index (χ3n) is 4.96. The molecule has 0 saturated carbocycles. The van der Waals surface area contributed by atoms with E-state index in [1.165, 1.54) is 0 Å². The molecular weight excluding hydrogens is 404 g/mol. The lowest BCUT2D eigenvalue weighted by atomic mass is 10.1. The molecule has 0 radical (unpaired) electrons. The second-order valence-corrected chi connectivity index (χ2v) is 8.07. The molecule has 4 nitrogen and oxygen atoms in total. The van der Waals surface area contributed by atoms with Crippen LogP contribution in [0.1, 0.15) is 16.8 Å². The van der Waals surface area contributed by atoms with E-state index in [2.05, 4.69) is 10.5 Å². The third-order valence-corrected chi connectivity index (χ3v) is 6.24. The fourth-order valence-corrected chi connectivity index (χ4v) is 4.51. The Morgan fingerprint density at radius 3 is 2.62 bits per heavy atom. The van der Waals surface area contributed by atoms with Gasteiger partial charge in [-0.2, -0.15) is 0 Å². The van der Waals surface area contributed by atoms with E-state index in [1.54, 1.807) is 6.08 Å². The highest BCUT2D eigenvalue weighted by Gasteiger charge is 2.34. The Morgan fingerprint density at radius 2 is 1.86 bits per heavy atom. The zero-order valence-corrected chi connectivity index (χ0v) is 17.3. The Kier molecular flexibility index (Phi) is 5.23. The zero-order chi connectivity index (χ0) is 20.5. The van der Waals surface area contributed by atoms with E-state index in [4.69, 9.17) is 18.0 Å². The van der Waals surface area contributed by atoms with Crippen molar-refractivity contribution in [2.45, 2.75) is 13.5 Å². The molecule has 3 aromatic rings. The molecule has 144 valence electrons. The normalized spacial score (nSPS) is 15.5. The zero-order valence-electron chi connectivity index (χ0n) is 15.7. The molecule has 0 unspecified atom stereocenters. The van der Waals surface area contributed by atoms with Crippen LogP contribution in [0.3, 0.4) is 0 Å². The number of thioether (sulfide) groups is 1. The number of amides is 2. The molecule has 2 aromatic carbocycles. The largest absolute Gasteiger partial charge is 0.340 e. The molecule has 0 spiro atoms. The van der Waals surface area contributed by atoms with Gasteiger partial charge in [-0.3, -0.25) is 14.5 Å². The van der Waals surface area contributed by atoms with Gasteiger partial charge in [0.15, 0.2) is 0 Å². The maximum Gasteiger partial charge on any atom is 0.294 e. The summed E-state index contributed by atoms with van der Waals surface area (Å²) in [6.45, 7) is 2.60. The maximum absolute atomic E-state index is 12.6. The molecular formula is C23H17ClN2O2S. The first-order valence-corrected chi connectivity index (χ1v) is 10.2. The fraction of sp³-hybridized carbons (Fsp3) is 0.130. The number of carbonyl (C=O) groups is 2. The Balaban J connectivity index is 1.82. The van der Waals surface area contributed by atoms with Crippen LogP contribution in [-0.2, 0) is 11.3 Å². The molecule has 0 atom stereocenters. The van der Waals surface area contributed by atoms with Crippen LogP contribution < -0.4 is 0 Å². The molecule has 1 aliphatic heterocycles. The van der Waals surface area contributed by atoms with Gasteiger partial charge in [-0.05, 0) is 42.5 Å². The van der Waals surface area contributed by atoms with Gasteiger partial charge in [0.2, 0.25) is 0 Å². The van der Waals surface area contributed by atoms with Gasteiger partial charge in [0.1, 0.15) is 0 Å². The van der Waals surface area contributed by atoms with Crippen molar-refractivity contribution in [1.29, 1.82) is 0 Å². The van der Waals surface area contributed by atoms with Gasteiger partial charge in [-0.15, -0.1) is 6.42 Å². The molecule has 29 heavy (non-hydrogen) atoms. The minimum atomic E-state index is -0.347. The van der Waals surface area contributed by atoms with Crippen LogP contribution in [0.25, 0.3) is 17.0 Å². The first-order chi connectivity index (χ1) is 14.0. The lowest BCUT2D eigenvalue weighted by Crippen LogP contribution is -2.28. The summed E-state index contributed by atoms with van der Waals surface area (Å²) in [6.07, 6.45) is 7.07. The van der Waals surface area contributed by atoms with Crippen molar-refractivity contribution >= 4 is 51.5 Å². The molecule has 0 bridgehead atoms. The monoisotopic (exact) mass is 420 g/mol. The highest BCUT2D eigenvalue weighted by molar-refractivity contribution is 8.18. The summed E-state index contributed by atoms with van der Waals surface area (Å²) in [4.78, 5) is 26.2. The lowest BCUT2D eigenvalue weighted by Gasteiger charge is -2.10. The van der Waals surface area contributed by atoms with Gasteiger partial charge in [-0.25, -0.2) is 0 Å². The second kappa shape index (κ2) is 7.82. The van der Waals surface area contributed by atoms with Crippen molar-refractivity contribution < 1.29 is 9.59 Å². The summed E-state index contributed by atoms with van der Waals surface area (Å²) >= 11 is 7.29. The molecule has 2 heterocycles. The number of hydrogen-bond acceptors (Lipinski definition) is 3. The van der Waals surface area contributed by atoms with Gasteiger partial charge < -0.3 is 4.57 Å². The van der Waals surface area contributed by atoms with Gasteiger partial charge in [-0.1, -0.05) is 53.9 Å². The van der Waals surface area contributed by atoms with E-state index in [0.717, 1.165) is 44.4 Å². The average Bonchev–Trinajstić information content (AvgIpc) is 3.13. The molecule has 0 aliphatic carbocycles. The second-order valence-electron chi connectivity index (χ2n) is 6.67. The van der Waals surface area contributed by atoms with E-state index in [9.17, 15) is 9.59 Å². The highest BCUT2D eigenvalue weighted by Crippen LogP contribution is 2.36. The van der Waals surface area contributed by atoms with E-state index < -0.39 is 0 Å². The van der Waals surface area contributed by atoms with Gasteiger partial charge >= 0.3 is 0 Å². The quantitative estimate of drug-likeness (QED) is 0.423. The predicted molar refractivity (Wildman–Crippen MR) is 119 cm³/mol. The van der Waals surface area contributed by atoms with Crippen molar-refractivity contribution in [3.8, 4) is 12.3 Å². The van der Waals surface area contributed by atoms with Gasteiger partial charge in [0, 0.05) is 33.7 Å². The number of rotatable bonds is 4. The van der Waals surface area contributed by atoms with Gasteiger partial charge in [0.25, 0.3) is 11.1 Å². The Hall–Kier alpha value is -2.94. The van der Waals surface area contributed by atoms with E-state index in [-0.39, 0.29) is 17.7 Å². The number of aromatic nitrogens is 1. The number of halogens is 1. The maximum atomic E-state index is 12.6. The molecule has 1 saturated heterocycles. The van der Waals surface area contributed by atoms with Crippen LogP contribution in [0.4, 0.5) is 4.79 Å². The van der Waals surface area contributed by atoms with Crippen LogP contribution in [0.2, 0.25) is 5.02 Å². The first kappa shape index (κ1) is 19.4. The number of carbonyl (C=O) groups excluding carboxylic acids is 2.